The van der Waals surface area contributed by atoms with Crippen LogP contribution in [0.25, 0.3) is 0 Å². The lowest BCUT2D eigenvalue weighted by Crippen LogP contribution is -2.50. The smallest absolute Gasteiger partial charge is 0.382 e. The molecular weight excluding hydrogens is 503 g/mol. The summed E-state index contributed by atoms with van der Waals surface area (Å²) in [5, 5.41) is 22.9. The zero-order valence-corrected chi connectivity index (χ0v) is 20.6. The lowest BCUT2D eigenvalue weighted by Gasteiger charge is -2.36. The van der Waals surface area contributed by atoms with Crippen LogP contribution >= 0.6 is 0 Å². The van der Waals surface area contributed by atoms with Crippen LogP contribution in [0.2, 0.25) is 0 Å². The van der Waals surface area contributed by atoms with E-state index in [0.717, 1.165) is 17.8 Å². The highest BCUT2D eigenvalue weighted by Gasteiger charge is 2.38. The molecule has 0 aromatic heterocycles. The van der Waals surface area contributed by atoms with E-state index in [0.29, 0.717) is 57.4 Å². The van der Waals surface area contributed by atoms with Gasteiger partial charge in [0.1, 0.15) is 12.2 Å². The second kappa shape index (κ2) is 11.7. The van der Waals surface area contributed by atoms with Crippen molar-refractivity contribution in [1.29, 1.82) is 5.26 Å². The summed E-state index contributed by atoms with van der Waals surface area (Å²) in [5.74, 6) is -0.0738. The fourth-order valence-electron chi connectivity index (χ4n) is 4.86. The molecule has 0 spiro atoms. The summed E-state index contributed by atoms with van der Waals surface area (Å²) < 4.78 is 45.6. The first kappa shape index (κ1) is 27.2. The number of hydrogen-bond donors (Lipinski definition) is 1. The molecule has 1 saturated carbocycles. The number of nitrogens with one attached hydrogen (secondary N) is 1. The predicted octanol–water partition coefficient (Wildman–Crippen LogP) is 4.57. The molecule has 1 aliphatic heterocycles. The minimum Gasteiger partial charge on any atom is -0.382 e. The van der Waals surface area contributed by atoms with Crippen molar-refractivity contribution in [3.63, 3.8) is 0 Å². The minimum atomic E-state index is -4.82. The van der Waals surface area contributed by atoms with Crippen LogP contribution in [0.4, 0.5) is 30.2 Å². The normalized spacial score (nSPS) is 20.1. The Morgan fingerprint density at radius 3 is 2.32 bits per heavy atom. The summed E-state index contributed by atoms with van der Waals surface area (Å²) in [7, 11) is 0. The number of hydrogen-bond acceptors (Lipinski definition) is 7. The number of carbonyl (C=O) groups is 1. The number of benzene rings is 2. The standard InChI is InChI=1S/C26H28F3N5O4/c27-26(28,29)23-15-20(5-10-24(23)34(36)37)31-19-3-8-22(9-4-19)38-17-25(35)33-13-11-32(12-14-33)21-6-1-18(16-30)2-7-21/h1-2,5-7,10,15,19,22,31H,3-4,8-9,11-14,17H2/t19-,22-. The molecule has 2 aliphatic rings. The van der Waals surface area contributed by atoms with Gasteiger partial charge in [0.15, 0.2) is 0 Å². The second-order valence-electron chi connectivity index (χ2n) is 9.44. The molecule has 12 heteroatoms. The Morgan fingerprint density at radius 1 is 1.08 bits per heavy atom. The highest BCUT2D eigenvalue weighted by molar-refractivity contribution is 5.77. The maximum absolute atomic E-state index is 13.2. The maximum atomic E-state index is 13.2. The minimum absolute atomic E-state index is 0.0169. The molecule has 1 N–H and O–H groups in total. The SMILES string of the molecule is N#Cc1ccc(N2CCN(C(=O)CO[C@H]3CC[C@H](Nc4ccc([N+](=O)[O-])c(C(F)(F)F)c4)CC3)CC2)cc1. The first-order valence-corrected chi connectivity index (χ1v) is 12.4. The summed E-state index contributed by atoms with van der Waals surface area (Å²) in [4.78, 5) is 26.5. The number of carbonyl (C=O) groups excluding carboxylic acids is 1. The molecule has 1 saturated heterocycles. The highest BCUT2D eigenvalue weighted by Crippen LogP contribution is 2.38. The third-order valence-corrected chi connectivity index (χ3v) is 6.98. The van der Waals surface area contributed by atoms with Gasteiger partial charge in [0.05, 0.1) is 22.7 Å². The van der Waals surface area contributed by atoms with E-state index in [-0.39, 0.29) is 30.3 Å². The first-order valence-electron chi connectivity index (χ1n) is 12.4. The molecule has 9 nitrogen and oxygen atoms in total. The van der Waals surface area contributed by atoms with Crippen LogP contribution in [-0.4, -0.2) is 60.7 Å². The summed E-state index contributed by atoms with van der Waals surface area (Å²) in [6.07, 6.45) is -2.36. The van der Waals surface area contributed by atoms with Crippen molar-refractivity contribution in [2.24, 2.45) is 0 Å². The van der Waals surface area contributed by atoms with Gasteiger partial charge in [-0.15, -0.1) is 0 Å². The number of anilines is 2. The van der Waals surface area contributed by atoms with Gasteiger partial charge >= 0.3 is 6.18 Å². The second-order valence-corrected chi connectivity index (χ2v) is 9.44. The number of halogens is 3. The zero-order chi connectivity index (χ0) is 27.3. The van der Waals surface area contributed by atoms with Gasteiger partial charge in [-0.25, -0.2) is 0 Å². The monoisotopic (exact) mass is 531 g/mol. The van der Waals surface area contributed by atoms with Crippen LogP contribution in [0.15, 0.2) is 42.5 Å². The van der Waals surface area contributed by atoms with Gasteiger partial charge < -0.3 is 19.9 Å². The van der Waals surface area contributed by atoms with Gasteiger partial charge in [0.2, 0.25) is 5.91 Å². The third kappa shape index (κ3) is 6.72. The van der Waals surface area contributed by atoms with E-state index >= 15 is 0 Å². The molecule has 2 fully saturated rings. The maximum Gasteiger partial charge on any atom is 0.423 e. The van der Waals surface area contributed by atoms with E-state index in [9.17, 15) is 28.1 Å². The van der Waals surface area contributed by atoms with Crippen LogP contribution in [0.3, 0.4) is 0 Å². The number of nitrogens with zero attached hydrogens (tertiary/aromatic N) is 4. The first-order chi connectivity index (χ1) is 18.1. The van der Waals surface area contributed by atoms with Crippen molar-refractivity contribution in [2.45, 2.75) is 44.0 Å². The Labute approximate surface area is 217 Å². The van der Waals surface area contributed by atoms with E-state index in [4.69, 9.17) is 10.00 Å². The molecule has 1 amide bonds. The number of amides is 1. The molecule has 0 bridgehead atoms. The molecule has 2 aromatic carbocycles. The summed E-state index contributed by atoms with van der Waals surface area (Å²) >= 11 is 0. The van der Waals surface area contributed by atoms with Gasteiger partial charge in [-0.1, -0.05) is 0 Å². The van der Waals surface area contributed by atoms with Crippen LogP contribution in [-0.2, 0) is 15.7 Å². The number of alkyl halides is 3. The van der Waals surface area contributed by atoms with Crippen LogP contribution in [0.5, 0.6) is 0 Å². The Bertz CT molecular complexity index is 1180. The van der Waals surface area contributed by atoms with Gasteiger partial charge in [-0.3, -0.25) is 14.9 Å². The van der Waals surface area contributed by atoms with Crippen molar-refractivity contribution in [3.8, 4) is 6.07 Å². The summed E-state index contributed by atoms with van der Waals surface area (Å²) in [6.45, 7) is 2.51. The van der Waals surface area contributed by atoms with Gasteiger partial charge in [0, 0.05) is 49.7 Å². The van der Waals surface area contributed by atoms with E-state index in [1.165, 1.54) is 6.07 Å². The number of rotatable bonds is 7. The number of nitro benzene ring substituents is 1. The molecule has 2 aromatic rings. The highest BCUT2D eigenvalue weighted by atomic mass is 19.4. The fraction of sp³-hybridized carbons (Fsp3) is 0.462. The van der Waals surface area contributed by atoms with E-state index < -0.39 is 22.4 Å². The van der Waals surface area contributed by atoms with E-state index in [2.05, 4.69) is 16.3 Å². The number of ether oxygens (including phenoxy) is 1. The van der Waals surface area contributed by atoms with Crippen molar-refractivity contribution in [1.82, 2.24) is 4.90 Å². The quantitative estimate of drug-likeness (QED) is 0.411. The fourth-order valence-corrected chi connectivity index (χ4v) is 4.86. The van der Waals surface area contributed by atoms with E-state index in [1.807, 2.05) is 12.1 Å². The van der Waals surface area contributed by atoms with Crippen LogP contribution in [0, 0.1) is 21.4 Å². The predicted molar refractivity (Wildman–Crippen MR) is 134 cm³/mol. The summed E-state index contributed by atoms with van der Waals surface area (Å²) in [5.41, 5.74) is -0.448. The van der Waals surface area contributed by atoms with Crippen LogP contribution < -0.4 is 10.2 Å². The van der Waals surface area contributed by atoms with Crippen molar-refractivity contribution >= 4 is 23.0 Å². The zero-order valence-electron chi connectivity index (χ0n) is 20.6. The number of nitriles is 1. The third-order valence-electron chi connectivity index (χ3n) is 6.98. The van der Waals surface area contributed by atoms with Gasteiger partial charge in [0.25, 0.3) is 5.69 Å². The molecule has 1 aliphatic carbocycles. The molecule has 1 heterocycles. The molecule has 4 rings (SSSR count). The van der Waals surface area contributed by atoms with E-state index in [1.54, 1.807) is 17.0 Å². The number of piperazine rings is 1. The largest absolute Gasteiger partial charge is 0.423 e. The van der Waals surface area contributed by atoms with Crippen molar-refractivity contribution in [2.75, 3.05) is 43.0 Å². The Kier molecular flexibility index (Phi) is 8.36. The van der Waals surface area contributed by atoms with Crippen LogP contribution in [0.1, 0.15) is 36.8 Å². The van der Waals surface area contributed by atoms with Gasteiger partial charge in [-0.05, 0) is 62.1 Å². The molecule has 0 radical (unpaired) electrons. The summed E-state index contributed by atoms with van der Waals surface area (Å²) in [6, 6.07) is 12.3. The lowest BCUT2D eigenvalue weighted by molar-refractivity contribution is -0.388. The Hall–Kier alpha value is -3.85. The lowest BCUT2D eigenvalue weighted by atomic mass is 9.92. The molecule has 0 atom stereocenters. The molecular formula is C26H28F3N5O4. The Balaban J connectivity index is 1.20. The molecule has 0 unspecified atom stereocenters. The van der Waals surface area contributed by atoms with Gasteiger partial charge in [-0.2, -0.15) is 18.4 Å². The number of nitro groups is 1. The topological polar surface area (TPSA) is 112 Å². The Morgan fingerprint density at radius 2 is 1.74 bits per heavy atom. The average molecular weight is 532 g/mol. The van der Waals surface area contributed by atoms with Crippen molar-refractivity contribution < 1.29 is 27.6 Å². The molecule has 202 valence electrons. The van der Waals surface area contributed by atoms with Crippen molar-refractivity contribution in [3.05, 3.63) is 63.7 Å². The molecule has 38 heavy (non-hydrogen) atoms. The average Bonchev–Trinajstić information content (AvgIpc) is 2.92.